The monoisotopic (exact) mass is 515 g/mol. The Balaban J connectivity index is 2.12. The van der Waals surface area contributed by atoms with Crippen LogP contribution >= 0.6 is 0 Å². The average molecular weight is 516 g/mol. The first kappa shape index (κ1) is 29.8. The van der Waals surface area contributed by atoms with Gasteiger partial charge in [0, 0.05) is 38.6 Å². The van der Waals surface area contributed by atoms with Crippen molar-refractivity contribution in [2.24, 2.45) is 11.8 Å². The summed E-state index contributed by atoms with van der Waals surface area (Å²) < 4.78 is 27.3. The second-order valence-electron chi connectivity index (χ2n) is 9.21. The number of esters is 2. The van der Waals surface area contributed by atoms with Gasteiger partial charge in [0.2, 0.25) is 6.79 Å². The van der Waals surface area contributed by atoms with Crippen molar-refractivity contribution >= 4 is 17.7 Å². The minimum absolute atomic E-state index is 0.0272. The maximum atomic E-state index is 13.1. The van der Waals surface area contributed by atoms with Crippen LogP contribution in [0.3, 0.4) is 0 Å². The Morgan fingerprint density at radius 2 is 1.70 bits per heavy atom. The first-order valence-corrected chi connectivity index (χ1v) is 12.3. The second kappa shape index (κ2) is 14.9. The lowest BCUT2D eigenvalue weighted by Gasteiger charge is -2.26. The van der Waals surface area contributed by atoms with E-state index in [0.29, 0.717) is 18.9 Å². The highest BCUT2D eigenvalue weighted by Crippen LogP contribution is 2.31. The molecule has 0 radical (unpaired) electrons. The smallest absolute Gasteiger partial charge is 0.309 e. The number of methoxy groups -OCH3 is 1. The van der Waals surface area contributed by atoms with Crippen LogP contribution in [-0.2, 0) is 30.2 Å². The molecule has 1 aromatic carbocycles. The number of carbonyl (C=O) groups excluding carboxylic acids is 3. The number of benzene rings is 1. The van der Waals surface area contributed by atoms with E-state index in [2.05, 4.69) is 18.8 Å². The fourth-order valence-corrected chi connectivity index (χ4v) is 3.43. The molecule has 1 aromatic heterocycles. The van der Waals surface area contributed by atoms with E-state index in [0.717, 1.165) is 5.56 Å². The first-order valence-electron chi connectivity index (χ1n) is 12.3. The number of rotatable bonds is 15. The zero-order valence-corrected chi connectivity index (χ0v) is 22.4. The summed E-state index contributed by atoms with van der Waals surface area (Å²) in [4.78, 5) is 41.3. The molecule has 0 aliphatic heterocycles. The quantitative estimate of drug-likeness (QED) is 0.193. The molecule has 9 heteroatoms. The molecule has 0 aliphatic carbocycles. The molecule has 0 amide bonds. The van der Waals surface area contributed by atoms with Crippen LogP contribution in [0.2, 0.25) is 0 Å². The van der Waals surface area contributed by atoms with Gasteiger partial charge in [-0.3, -0.25) is 14.4 Å². The van der Waals surface area contributed by atoms with Crippen molar-refractivity contribution in [1.82, 2.24) is 4.98 Å². The number of ether oxygens (including phenoxy) is 5. The van der Waals surface area contributed by atoms with Crippen LogP contribution in [0.4, 0.5) is 0 Å². The fraction of sp³-hybridized carbons (Fsp3) is 0.500. The minimum atomic E-state index is -0.752. The van der Waals surface area contributed by atoms with Gasteiger partial charge in [-0.05, 0) is 18.4 Å². The topological polar surface area (TPSA) is 110 Å². The molecule has 3 atom stereocenters. The molecule has 1 heterocycles. The summed E-state index contributed by atoms with van der Waals surface area (Å²) >= 11 is 0. The summed E-state index contributed by atoms with van der Waals surface area (Å²) in [5, 5.41) is 0. The molecule has 2 aromatic rings. The van der Waals surface area contributed by atoms with E-state index in [1.165, 1.54) is 26.3 Å². The predicted octanol–water partition coefficient (Wildman–Crippen LogP) is 4.41. The third kappa shape index (κ3) is 9.84. The molecule has 2 rings (SSSR count). The molecule has 37 heavy (non-hydrogen) atoms. The van der Waals surface area contributed by atoms with Crippen molar-refractivity contribution in [3.8, 4) is 11.5 Å². The van der Waals surface area contributed by atoms with Crippen molar-refractivity contribution < 1.29 is 38.1 Å². The zero-order valence-electron chi connectivity index (χ0n) is 22.4. The van der Waals surface area contributed by atoms with Gasteiger partial charge in [-0.25, -0.2) is 4.98 Å². The van der Waals surface area contributed by atoms with E-state index in [1.807, 2.05) is 37.3 Å². The van der Waals surface area contributed by atoms with Crippen molar-refractivity contribution in [2.75, 3.05) is 20.5 Å². The molecule has 0 aliphatic rings. The lowest BCUT2D eigenvalue weighted by molar-refractivity contribution is -0.161. The van der Waals surface area contributed by atoms with E-state index in [4.69, 9.17) is 23.7 Å². The molecule has 202 valence electrons. The Morgan fingerprint density at radius 3 is 2.32 bits per heavy atom. The molecule has 0 spiro atoms. The largest absolute Gasteiger partial charge is 0.493 e. The van der Waals surface area contributed by atoms with Crippen molar-refractivity contribution in [3.05, 3.63) is 53.9 Å². The van der Waals surface area contributed by atoms with Crippen molar-refractivity contribution in [1.29, 1.82) is 0 Å². The Bertz CT molecular complexity index is 1020. The Kier molecular flexibility index (Phi) is 12.0. The summed E-state index contributed by atoms with van der Waals surface area (Å²) in [5.41, 5.74) is 0.986. The van der Waals surface area contributed by atoms with Crippen molar-refractivity contribution in [3.63, 3.8) is 0 Å². The standard InChI is InChI=1S/C28H37NO8/c1-18(2)16-34-20(4)25(15-22-10-8-7-9-11-22)37-28(32)19(3)14-23(31)26-27(36-17-35-21(5)30)24(33-6)12-13-29-26/h7-13,18-20,25H,14-17H2,1-6H3/t19-,20+,25-/m1/s1. The number of hydrogen-bond acceptors (Lipinski definition) is 9. The summed E-state index contributed by atoms with van der Waals surface area (Å²) in [5.74, 6) is -1.63. The van der Waals surface area contributed by atoms with Crippen LogP contribution in [-0.4, -0.2) is 55.4 Å². The number of ketones is 1. The number of nitrogens with zero attached hydrogens (tertiary/aromatic N) is 1. The molecule has 0 fully saturated rings. The normalized spacial score (nSPS) is 13.4. The van der Waals surface area contributed by atoms with Gasteiger partial charge in [-0.2, -0.15) is 0 Å². The minimum Gasteiger partial charge on any atom is -0.493 e. The van der Waals surface area contributed by atoms with Crippen LogP contribution in [0.1, 0.15) is 57.1 Å². The third-order valence-corrected chi connectivity index (χ3v) is 5.48. The third-order valence-electron chi connectivity index (χ3n) is 5.48. The molecule has 0 bridgehead atoms. The molecule has 0 unspecified atom stereocenters. The maximum Gasteiger partial charge on any atom is 0.309 e. The van der Waals surface area contributed by atoms with Gasteiger partial charge in [0.15, 0.2) is 23.0 Å². The Morgan fingerprint density at radius 1 is 1.00 bits per heavy atom. The van der Waals surface area contributed by atoms with Gasteiger partial charge in [0.25, 0.3) is 0 Å². The van der Waals surface area contributed by atoms with Gasteiger partial charge in [-0.15, -0.1) is 0 Å². The van der Waals surface area contributed by atoms with Crippen LogP contribution in [0.5, 0.6) is 11.5 Å². The van der Waals surface area contributed by atoms with E-state index < -0.39 is 36.5 Å². The molecular weight excluding hydrogens is 478 g/mol. The van der Waals surface area contributed by atoms with Crippen LogP contribution in [0, 0.1) is 11.8 Å². The number of Topliss-reactive ketones (excluding diaryl/α,β-unsaturated/α-hetero) is 1. The van der Waals surface area contributed by atoms with E-state index in [1.54, 1.807) is 6.92 Å². The van der Waals surface area contributed by atoms with Gasteiger partial charge >= 0.3 is 11.9 Å². The van der Waals surface area contributed by atoms with E-state index in [-0.39, 0.29) is 29.7 Å². The van der Waals surface area contributed by atoms with Crippen molar-refractivity contribution in [2.45, 2.75) is 59.7 Å². The number of pyridine rings is 1. The van der Waals surface area contributed by atoms with Gasteiger partial charge in [0.05, 0.1) is 19.1 Å². The summed E-state index contributed by atoms with van der Waals surface area (Å²) in [6, 6.07) is 11.2. The predicted molar refractivity (Wildman–Crippen MR) is 136 cm³/mol. The Hall–Kier alpha value is -3.46. The summed E-state index contributed by atoms with van der Waals surface area (Å²) in [7, 11) is 1.41. The lowest BCUT2D eigenvalue weighted by Crippen LogP contribution is -2.36. The maximum absolute atomic E-state index is 13.1. The Labute approximate surface area is 218 Å². The second-order valence-corrected chi connectivity index (χ2v) is 9.21. The fourth-order valence-electron chi connectivity index (χ4n) is 3.43. The summed E-state index contributed by atoms with van der Waals surface area (Å²) in [6.45, 7) is 8.97. The van der Waals surface area contributed by atoms with Gasteiger partial charge in [-0.1, -0.05) is 51.1 Å². The van der Waals surface area contributed by atoms with Crippen LogP contribution in [0.15, 0.2) is 42.6 Å². The highest BCUT2D eigenvalue weighted by molar-refractivity contribution is 5.99. The SMILES string of the molecule is COc1ccnc(C(=O)C[C@@H](C)C(=O)O[C@H](Cc2ccccc2)[C@H](C)OCC(C)C)c1OCOC(C)=O. The number of carbonyl (C=O) groups is 3. The summed E-state index contributed by atoms with van der Waals surface area (Å²) in [6.07, 6.45) is 0.858. The average Bonchev–Trinajstić information content (AvgIpc) is 2.87. The first-order chi connectivity index (χ1) is 17.6. The molecule has 0 saturated carbocycles. The molecule has 9 nitrogen and oxygen atoms in total. The van der Waals surface area contributed by atoms with E-state index >= 15 is 0 Å². The van der Waals surface area contributed by atoms with E-state index in [9.17, 15) is 14.4 Å². The highest BCUT2D eigenvalue weighted by atomic mass is 16.7. The van der Waals surface area contributed by atoms with Gasteiger partial charge < -0.3 is 23.7 Å². The number of hydrogen-bond donors (Lipinski definition) is 0. The molecule has 0 N–H and O–H groups in total. The molecule has 0 saturated heterocycles. The highest BCUT2D eigenvalue weighted by Gasteiger charge is 2.29. The zero-order chi connectivity index (χ0) is 27.4. The lowest BCUT2D eigenvalue weighted by atomic mass is 10.0. The van der Waals surface area contributed by atoms with Crippen LogP contribution < -0.4 is 9.47 Å². The van der Waals surface area contributed by atoms with Crippen LogP contribution in [0.25, 0.3) is 0 Å². The number of aromatic nitrogens is 1. The van der Waals surface area contributed by atoms with Gasteiger partial charge in [0.1, 0.15) is 6.10 Å². The molecular formula is C28H37NO8.